The van der Waals surface area contributed by atoms with Crippen LogP contribution in [0.25, 0.3) is 10.9 Å². The van der Waals surface area contributed by atoms with Crippen molar-refractivity contribution in [1.82, 2.24) is 20.2 Å². The van der Waals surface area contributed by atoms with Gasteiger partial charge >= 0.3 is 0 Å². The van der Waals surface area contributed by atoms with Gasteiger partial charge in [0.25, 0.3) is 5.56 Å². The van der Waals surface area contributed by atoms with E-state index in [9.17, 15) is 14.0 Å². The number of para-hydroxylation sites is 1. The highest BCUT2D eigenvalue weighted by Crippen LogP contribution is 2.21. The van der Waals surface area contributed by atoms with E-state index in [4.69, 9.17) is 4.74 Å². The lowest BCUT2D eigenvalue weighted by atomic mass is 10.0. The number of hydrogen-bond donors (Lipinski definition) is 2. The zero-order valence-electron chi connectivity index (χ0n) is 17.1. The fraction of sp³-hybridized carbons (Fsp3) is 0.348. The third-order valence-corrected chi connectivity index (χ3v) is 5.48. The molecular weight excluding hydrogens is 399 g/mol. The standard InChI is InChI=1S/C23H25FN4O3/c24-17-7-5-16(6-8-17)20(28-11-13-31-14-12-28)15-25-22(29)10-9-21-26-19-4-2-1-3-18(19)23(30)27-21/h1-8,20H,9-15H2,(H,25,29)(H,26,27,30)/t20-/m1/s1. The molecule has 4 rings (SSSR count). The molecule has 3 aromatic rings. The van der Waals surface area contributed by atoms with E-state index in [0.29, 0.717) is 42.9 Å². The van der Waals surface area contributed by atoms with Crippen molar-refractivity contribution in [3.05, 3.63) is 76.1 Å². The van der Waals surface area contributed by atoms with Gasteiger partial charge in [0.05, 0.1) is 30.2 Å². The molecule has 0 unspecified atom stereocenters. The van der Waals surface area contributed by atoms with Crippen LogP contribution in [0, 0.1) is 5.82 Å². The van der Waals surface area contributed by atoms with Crippen molar-refractivity contribution in [1.29, 1.82) is 0 Å². The molecule has 2 N–H and O–H groups in total. The normalized spacial score (nSPS) is 15.6. The summed E-state index contributed by atoms with van der Waals surface area (Å²) < 4.78 is 18.8. The van der Waals surface area contributed by atoms with Crippen LogP contribution in [-0.2, 0) is 16.0 Å². The first-order valence-corrected chi connectivity index (χ1v) is 10.4. The maximum Gasteiger partial charge on any atom is 0.258 e. The monoisotopic (exact) mass is 424 g/mol. The molecule has 0 bridgehead atoms. The number of benzene rings is 2. The van der Waals surface area contributed by atoms with Gasteiger partial charge in [-0.1, -0.05) is 24.3 Å². The first-order chi connectivity index (χ1) is 15.1. The van der Waals surface area contributed by atoms with Crippen molar-refractivity contribution < 1.29 is 13.9 Å². The number of amides is 1. The van der Waals surface area contributed by atoms with E-state index in [2.05, 4.69) is 20.2 Å². The summed E-state index contributed by atoms with van der Waals surface area (Å²) in [4.78, 5) is 34.1. The molecule has 0 aliphatic carbocycles. The molecule has 8 heteroatoms. The SMILES string of the molecule is O=C(CCc1nc2ccccc2c(=O)[nH]1)NC[C@H](c1ccc(F)cc1)N1CCOCC1. The summed E-state index contributed by atoms with van der Waals surface area (Å²) in [5.41, 5.74) is 1.36. The molecule has 2 aromatic carbocycles. The van der Waals surface area contributed by atoms with Crippen molar-refractivity contribution in [3.63, 3.8) is 0 Å². The Morgan fingerprint density at radius 1 is 1.16 bits per heavy atom. The van der Waals surface area contributed by atoms with Crippen LogP contribution < -0.4 is 10.9 Å². The highest BCUT2D eigenvalue weighted by atomic mass is 19.1. The van der Waals surface area contributed by atoms with Crippen LogP contribution in [0.15, 0.2) is 53.3 Å². The number of aromatic nitrogens is 2. The molecule has 0 radical (unpaired) electrons. The molecular formula is C23H25FN4O3. The van der Waals surface area contributed by atoms with Crippen LogP contribution in [0.2, 0.25) is 0 Å². The predicted octanol–water partition coefficient (Wildman–Crippen LogP) is 2.18. The van der Waals surface area contributed by atoms with Gasteiger partial charge in [0.15, 0.2) is 0 Å². The van der Waals surface area contributed by atoms with Crippen LogP contribution in [0.3, 0.4) is 0 Å². The molecule has 1 saturated heterocycles. The number of H-pyrrole nitrogens is 1. The number of aryl methyl sites for hydroxylation is 1. The van der Waals surface area contributed by atoms with E-state index in [1.165, 1.54) is 12.1 Å². The topological polar surface area (TPSA) is 87.3 Å². The van der Waals surface area contributed by atoms with E-state index in [-0.39, 0.29) is 29.7 Å². The van der Waals surface area contributed by atoms with Gasteiger partial charge in [-0.25, -0.2) is 9.37 Å². The van der Waals surface area contributed by atoms with Crippen LogP contribution in [0.4, 0.5) is 4.39 Å². The fourth-order valence-electron chi connectivity index (χ4n) is 3.82. The number of nitrogens with zero attached hydrogens (tertiary/aromatic N) is 2. The Labute approximate surface area is 179 Å². The number of carbonyl (C=O) groups is 1. The molecule has 0 saturated carbocycles. The molecule has 1 aliphatic rings. The van der Waals surface area contributed by atoms with Crippen molar-refractivity contribution in [2.75, 3.05) is 32.8 Å². The van der Waals surface area contributed by atoms with E-state index >= 15 is 0 Å². The Morgan fingerprint density at radius 2 is 1.90 bits per heavy atom. The molecule has 1 fully saturated rings. The van der Waals surface area contributed by atoms with Gasteiger partial charge in [0, 0.05) is 32.5 Å². The second-order valence-corrected chi connectivity index (χ2v) is 7.55. The van der Waals surface area contributed by atoms with E-state index in [1.54, 1.807) is 30.3 Å². The molecule has 1 amide bonds. The third-order valence-electron chi connectivity index (χ3n) is 5.48. The molecule has 1 aromatic heterocycles. The lowest BCUT2D eigenvalue weighted by Crippen LogP contribution is -2.43. The number of hydrogen-bond acceptors (Lipinski definition) is 5. The summed E-state index contributed by atoms with van der Waals surface area (Å²) in [5, 5.41) is 3.51. The molecule has 2 heterocycles. The Bertz CT molecular complexity index is 1090. The Morgan fingerprint density at radius 3 is 2.68 bits per heavy atom. The van der Waals surface area contributed by atoms with Gasteiger partial charge in [-0.05, 0) is 29.8 Å². The zero-order chi connectivity index (χ0) is 21.6. The minimum absolute atomic E-state index is 0.0629. The number of ether oxygens (including phenoxy) is 1. The average molecular weight is 424 g/mol. The average Bonchev–Trinajstić information content (AvgIpc) is 2.80. The molecule has 162 valence electrons. The smallest absolute Gasteiger partial charge is 0.258 e. The van der Waals surface area contributed by atoms with Crippen LogP contribution in [0.1, 0.15) is 23.9 Å². The Balaban J connectivity index is 1.38. The van der Waals surface area contributed by atoms with Crippen molar-refractivity contribution >= 4 is 16.8 Å². The highest BCUT2D eigenvalue weighted by Gasteiger charge is 2.23. The van der Waals surface area contributed by atoms with E-state index in [1.807, 2.05) is 6.07 Å². The molecule has 31 heavy (non-hydrogen) atoms. The molecule has 0 spiro atoms. The van der Waals surface area contributed by atoms with Crippen molar-refractivity contribution in [3.8, 4) is 0 Å². The Hall–Kier alpha value is -3.10. The van der Waals surface area contributed by atoms with Crippen molar-refractivity contribution in [2.24, 2.45) is 0 Å². The van der Waals surface area contributed by atoms with Gasteiger partial charge < -0.3 is 15.0 Å². The highest BCUT2D eigenvalue weighted by molar-refractivity contribution is 5.78. The summed E-state index contributed by atoms with van der Waals surface area (Å²) in [7, 11) is 0. The largest absolute Gasteiger partial charge is 0.379 e. The maximum absolute atomic E-state index is 13.4. The molecule has 7 nitrogen and oxygen atoms in total. The van der Waals surface area contributed by atoms with Crippen LogP contribution >= 0.6 is 0 Å². The lowest BCUT2D eigenvalue weighted by molar-refractivity contribution is -0.121. The first-order valence-electron chi connectivity index (χ1n) is 10.4. The summed E-state index contributed by atoms with van der Waals surface area (Å²) >= 11 is 0. The van der Waals surface area contributed by atoms with E-state index in [0.717, 1.165) is 18.7 Å². The summed E-state index contributed by atoms with van der Waals surface area (Å²) in [6.07, 6.45) is 0.547. The minimum atomic E-state index is -0.287. The molecule has 1 atom stereocenters. The predicted molar refractivity (Wildman–Crippen MR) is 115 cm³/mol. The van der Waals surface area contributed by atoms with Gasteiger partial charge in [-0.2, -0.15) is 0 Å². The van der Waals surface area contributed by atoms with Crippen LogP contribution in [-0.4, -0.2) is 53.6 Å². The van der Waals surface area contributed by atoms with Crippen LogP contribution in [0.5, 0.6) is 0 Å². The van der Waals surface area contributed by atoms with E-state index < -0.39 is 0 Å². The van der Waals surface area contributed by atoms with Gasteiger partial charge in [0.2, 0.25) is 5.91 Å². The number of halogens is 1. The quantitative estimate of drug-likeness (QED) is 0.607. The summed E-state index contributed by atoms with van der Waals surface area (Å²) in [6.45, 7) is 3.17. The number of nitrogens with one attached hydrogen (secondary N) is 2. The molecule has 1 aliphatic heterocycles. The number of fused-ring (bicyclic) bond motifs is 1. The zero-order valence-corrected chi connectivity index (χ0v) is 17.1. The lowest BCUT2D eigenvalue weighted by Gasteiger charge is -2.35. The fourth-order valence-corrected chi connectivity index (χ4v) is 3.82. The Kier molecular flexibility index (Phi) is 6.69. The third kappa shape index (κ3) is 5.34. The van der Waals surface area contributed by atoms with Gasteiger partial charge in [-0.3, -0.25) is 14.5 Å². The van der Waals surface area contributed by atoms with Crippen molar-refractivity contribution in [2.45, 2.75) is 18.9 Å². The number of morpholine rings is 1. The van der Waals surface area contributed by atoms with Gasteiger partial charge in [-0.15, -0.1) is 0 Å². The summed E-state index contributed by atoms with van der Waals surface area (Å²) in [5.74, 6) is 0.0729. The minimum Gasteiger partial charge on any atom is -0.379 e. The number of carbonyl (C=O) groups excluding carboxylic acids is 1. The first kappa shape index (κ1) is 21.1. The number of rotatable bonds is 7. The number of aromatic amines is 1. The summed E-state index contributed by atoms with van der Waals surface area (Å²) in [6, 6.07) is 13.4. The van der Waals surface area contributed by atoms with Gasteiger partial charge in [0.1, 0.15) is 11.6 Å². The second-order valence-electron chi connectivity index (χ2n) is 7.55. The second kappa shape index (κ2) is 9.80. The maximum atomic E-state index is 13.4.